The minimum absolute atomic E-state index is 0.0409. The van der Waals surface area contributed by atoms with Crippen LogP contribution in [0, 0.1) is 5.41 Å². The number of anilines is 1. The average molecular weight is 281 g/mol. The molecule has 1 saturated heterocycles. The molecule has 0 aromatic heterocycles. The molecule has 4 heteroatoms. The van der Waals surface area contributed by atoms with Crippen LogP contribution < -0.4 is 5.73 Å². The second-order valence-corrected chi connectivity index (χ2v) is 6.42. The van der Waals surface area contributed by atoms with Gasteiger partial charge in [-0.15, -0.1) is 0 Å². The highest BCUT2D eigenvalue weighted by atomic mass is 35.5. The number of hydrogen-bond acceptors (Lipinski definition) is 2. The average Bonchev–Trinajstić information content (AvgIpc) is 2.50. The van der Waals surface area contributed by atoms with Crippen LogP contribution in [-0.2, 0) is 0 Å². The van der Waals surface area contributed by atoms with Gasteiger partial charge in [-0.1, -0.05) is 31.5 Å². The number of carbonyl (C=O) groups excluding carboxylic acids is 1. The molecule has 1 aromatic carbocycles. The van der Waals surface area contributed by atoms with Crippen molar-refractivity contribution in [2.45, 2.75) is 33.1 Å². The fourth-order valence-electron chi connectivity index (χ4n) is 2.55. The Kier molecular flexibility index (Phi) is 4.04. The Morgan fingerprint density at radius 1 is 1.32 bits per heavy atom. The highest BCUT2D eigenvalue weighted by Crippen LogP contribution is 2.31. The van der Waals surface area contributed by atoms with E-state index >= 15 is 0 Å². The lowest BCUT2D eigenvalue weighted by atomic mass is 9.85. The Morgan fingerprint density at radius 2 is 2.05 bits per heavy atom. The molecule has 0 radical (unpaired) electrons. The van der Waals surface area contributed by atoms with E-state index < -0.39 is 0 Å². The standard InChI is InChI=1S/C15H21ClN2O/c1-15(2)7-4-9-18(10-8-15)14(19)13-11(16)5-3-6-12(13)17/h3,5-6H,4,7-10,17H2,1-2H3. The normalized spacial score (nSPS) is 19.0. The van der Waals surface area contributed by atoms with Gasteiger partial charge in [0, 0.05) is 18.8 Å². The maximum absolute atomic E-state index is 12.6. The zero-order valence-electron chi connectivity index (χ0n) is 11.6. The minimum atomic E-state index is -0.0409. The van der Waals surface area contributed by atoms with Crippen LogP contribution in [-0.4, -0.2) is 23.9 Å². The molecule has 0 spiro atoms. The summed E-state index contributed by atoms with van der Waals surface area (Å²) in [6.07, 6.45) is 3.20. The van der Waals surface area contributed by atoms with Crippen LogP contribution in [0.25, 0.3) is 0 Å². The Bertz CT molecular complexity index is 465. The summed E-state index contributed by atoms with van der Waals surface area (Å²) in [5.41, 5.74) is 7.10. The van der Waals surface area contributed by atoms with E-state index in [0.29, 0.717) is 21.7 Å². The summed E-state index contributed by atoms with van der Waals surface area (Å²) in [5, 5.41) is 0.438. The van der Waals surface area contributed by atoms with Gasteiger partial charge in [0.15, 0.2) is 0 Å². The fraction of sp³-hybridized carbons (Fsp3) is 0.533. The topological polar surface area (TPSA) is 46.3 Å². The number of rotatable bonds is 1. The Labute approximate surface area is 119 Å². The van der Waals surface area contributed by atoms with Crippen LogP contribution in [0.5, 0.6) is 0 Å². The molecule has 0 saturated carbocycles. The largest absolute Gasteiger partial charge is 0.398 e. The highest BCUT2D eigenvalue weighted by molar-refractivity contribution is 6.34. The second kappa shape index (κ2) is 5.41. The third-order valence-corrected chi connectivity index (χ3v) is 4.20. The molecule has 1 fully saturated rings. The molecule has 0 unspecified atom stereocenters. The Hall–Kier alpha value is -1.22. The predicted molar refractivity (Wildman–Crippen MR) is 79.4 cm³/mol. The maximum Gasteiger partial charge on any atom is 0.257 e. The Balaban J connectivity index is 2.20. The van der Waals surface area contributed by atoms with Crippen molar-refractivity contribution in [1.82, 2.24) is 4.90 Å². The number of hydrogen-bond donors (Lipinski definition) is 1. The van der Waals surface area contributed by atoms with Gasteiger partial charge in [-0.3, -0.25) is 4.79 Å². The maximum atomic E-state index is 12.6. The number of carbonyl (C=O) groups is 1. The van der Waals surface area contributed by atoms with Gasteiger partial charge in [-0.25, -0.2) is 0 Å². The molecule has 0 bridgehead atoms. The molecular weight excluding hydrogens is 260 g/mol. The molecule has 2 rings (SSSR count). The van der Waals surface area contributed by atoms with E-state index in [1.165, 1.54) is 0 Å². The minimum Gasteiger partial charge on any atom is -0.398 e. The van der Waals surface area contributed by atoms with E-state index in [1.807, 2.05) is 4.90 Å². The van der Waals surface area contributed by atoms with E-state index in [-0.39, 0.29) is 5.91 Å². The van der Waals surface area contributed by atoms with E-state index in [2.05, 4.69) is 13.8 Å². The lowest BCUT2D eigenvalue weighted by Crippen LogP contribution is -2.33. The molecule has 0 atom stereocenters. The third-order valence-electron chi connectivity index (χ3n) is 3.89. The van der Waals surface area contributed by atoms with Crippen LogP contribution in [0.15, 0.2) is 18.2 Å². The molecule has 0 aliphatic carbocycles. The van der Waals surface area contributed by atoms with Crippen molar-refractivity contribution in [1.29, 1.82) is 0 Å². The lowest BCUT2D eigenvalue weighted by Gasteiger charge is -2.24. The van der Waals surface area contributed by atoms with E-state index in [1.54, 1.807) is 18.2 Å². The van der Waals surface area contributed by atoms with Crippen LogP contribution in [0.2, 0.25) is 5.02 Å². The first-order valence-corrected chi connectivity index (χ1v) is 7.12. The zero-order chi connectivity index (χ0) is 14.0. The second-order valence-electron chi connectivity index (χ2n) is 6.01. The first kappa shape index (κ1) is 14.2. The molecule has 1 aliphatic rings. The number of nitrogens with zero attached hydrogens (tertiary/aromatic N) is 1. The smallest absolute Gasteiger partial charge is 0.257 e. The Morgan fingerprint density at radius 3 is 2.74 bits per heavy atom. The number of likely N-dealkylation sites (tertiary alicyclic amines) is 1. The van der Waals surface area contributed by atoms with Gasteiger partial charge in [-0.2, -0.15) is 0 Å². The van der Waals surface area contributed by atoms with Crippen molar-refractivity contribution in [3.05, 3.63) is 28.8 Å². The van der Waals surface area contributed by atoms with Crippen LogP contribution in [0.3, 0.4) is 0 Å². The quantitative estimate of drug-likeness (QED) is 0.799. The van der Waals surface area contributed by atoms with E-state index in [9.17, 15) is 4.79 Å². The van der Waals surface area contributed by atoms with Crippen molar-refractivity contribution in [3.8, 4) is 0 Å². The third kappa shape index (κ3) is 3.21. The van der Waals surface area contributed by atoms with Crippen LogP contribution in [0.4, 0.5) is 5.69 Å². The van der Waals surface area contributed by atoms with Crippen molar-refractivity contribution in [2.75, 3.05) is 18.8 Å². The number of benzene rings is 1. The molecule has 1 aromatic rings. The van der Waals surface area contributed by atoms with Gasteiger partial charge in [-0.05, 0) is 36.8 Å². The number of amides is 1. The summed E-state index contributed by atoms with van der Waals surface area (Å²) in [5.74, 6) is -0.0409. The molecule has 2 N–H and O–H groups in total. The number of nitrogens with two attached hydrogens (primary N) is 1. The lowest BCUT2D eigenvalue weighted by molar-refractivity contribution is 0.0758. The molecule has 1 heterocycles. The number of halogens is 1. The predicted octanol–water partition coefficient (Wildman–Crippen LogP) is 3.57. The van der Waals surface area contributed by atoms with E-state index in [4.69, 9.17) is 17.3 Å². The van der Waals surface area contributed by atoms with Crippen molar-refractivity contribution in [2.24, 2.45) is 5.41 Å². The molecular formula is C15H21ClN2O. The highest BCUT2D eigenvalue weighted by Gasteiger charge is 2.27. The van der Waals surface area contributed by atoms with Gasteiger partial charge in [0.25, 0.3) is 5.91 Å². The summed E-state index contributed by atoms with van der Waals surface area (Å²) >= 11 is 6.11. The molecule has 104 valence electrons. The van der Waals surface area contributed by atoms with Gasteiger partial charge < -0.3 is 10.6 Å². The van der Waals surface area contributed by atoms with Crippen molar-refractivity contribution in [3.63, 3.8) is 0 Å². The van der Waals surface area contributed by atoms with Gasteiger partial charge >= 0.3 is 0 Å². The first-order valence-electron chi connectivity index (χ1n) is 6.74. The van der Waals surface area contributed by atoms with Crippen molar-refractivity contribution < 1.29 is 4.79 Å². The van der Waals surface area contributed by atoms with Gasteiger partial charge in [0.05, 0.1) is 10.6 Å². The van der Waals surface area contributed by atoms with Crippen LogP contribution >= 0.6 is 11.6 Å². The van der Waals surface area contributed by atoms with Gasteiger partial charge in [0.1, 0.15) is 0 Å². The summed E-state index contributed by atoms with van der Waals surface area (Å²) in [4.78, 5) is 14.4. The molecule has 1 amide bonds. The summed E-state index contributed by atoms with van der Waals surface area (Å²) in [6, 6.07) is 5.20. The van der Waals surface area contributed by atoms with E-state index in [0.717, 1.165) is 32.4 Å². The summed E-state index contributed by atoms with van der Waals surface area (Å²) in [6.45, 7) is 6.07. The zero-order valence-corrected chi connectivity index (χ0v) is 12.3. The van der Waals surface area contributed by atoms with Crippen LogP contribution in [0.1, 0.15) is 43.5 Å². The van der Waals surface area contributed by atoms with Crippen molar-refractivity contribution >= 4 is 23.2 Å². The fourth-order valence-corrected chi connectivity index (χ4v) is 2.81. The first-order chi connectivity index (χ1) is 8.91. The monoisotopic (exact) mass is 280 g/mol. The molecule has 19 heavy (non-hydrogen) atoms. The summed E-state index contributed by atoms with van der Waals surface area (Å²) < 4.78 is 0. The van der Waals surface area contributed by atoms with Gasteiger partial charge in [0.2, 0.25) is 0 Å². The molecule has 1 aliphatic heterocycles. The number of nitrogen functional groups attached to an aromatic ring is 1. The SMILES string of the molecule is CC1(C)CCCN(C(=O)c2c(N)cccc2Cl)CC1. The summed E-state index contributed by atoms with van der Waals surface area (Å²) in [7, 11) is 0. The molecule has 3 nitrogen and oxygen atoms in total.